The largest absolute Gasteiger partial charge is 0.399 e. The molecule has 0 aliphatic heterocycles. The first-order valence-electron chi connectivity index (χ1n) is 8.09. The van der Waals surface area contributed by atoms with Gasteiger partial charge in [-0.15, -0.1) is 0 Å². The highest BCUT2D eigenvalue weighted by molar-refractivity contribution is 7.52. The molecule has 6 nitrogen and oxygen atoms in total. The summed E-state index contributed by atoms with van der Waals surface area (Å²) in [6.45, 7) is 0. The lowest BCUT2D eigenvalue weighted by Crippen LogP contribution is -2.13. The standard InChI is InChI=1S/C18H16F4O6P2/c19-17(20,29(23,24)25)15-9-5-13(6-10-15)3-1-2-4-14-7-11-16(12-8-14)18(21,22)30(26,27)28/h1-12H,(H2,23,24,25)(H2,26,27,28)/b3-1+,4-2+. The van der Waals surface area contributed by atoms with Crippen LogP contribution in [0.2, 0.25) is 0 Å². The van der Waals surface area contributed by atoms with E-state index < -0.39 is 37.6 Å². The summed E-state index contributed by atoms with van der Waals surface area (Å²) in [6, 6.07) is 8.52. The maximum absolute atomic E-state index is 13.6. The molecule has 0 saturated heterocycles. The van der Waals surface area contributed by atoms with Crippen molar-refractivity contribution in [1.82, 2.24) is 0 Å². The van der Waals surface area contributed by atoms with Crippen LogP contribution in [0.1, 0.15) is 22.3 Å². The Morgan fingerprint density at radius 2 is 0.867 bits per heavy atom. The van der Waals surface area contributed by atoms with E-state index in [1.165, 1.54) is 48.6 Å². The third-order valence-corrected chi connectivity index (χ3v) is 5.92. The van der Waals surface area contributed by atoms with Gasteiger partial charge in [-0.1, -0.05) is 72.8 Å². The molecule has 0 aliphatic carbocycles. The Bertz CT molecular complexity index is 952. The normalized spacial score (nSPS) is 14.0. The molecule has 30 heavy (non-hydrogen) atoms. The molecule has 0 amide bonds. The van der Waals surface area contributed by atoms with Crippen molar-refractivity contribution in [3.8, 4) is 0 Å². The zero-order chi connectivity index (χ0) is 22.8. The molecular weight excluding hydrogens is 450 g/mol. The number of benzene rings is 2. The summed E-state index contributed by atoms with van der Waals surface area (Å²) in [7, 11) is -11.3. The predicted molar refractivity (Wildman–Crippen MR) is 103 cm³/mol. The molecule has 0 aliphatic rings. The molecule has 2 rings (SSSR count). The Balaban J connectivity index is 2.07. The van der Waals surface area contributed by atoms with Crippen LogP contribution in [0.4, 0.5) is 17.6 Å². The fraction of sp³-hybridized carbons (Fsp3) is 0.111. The van der Waals surface area contributed by atoms with Crippen molar-refractivity contribution in [1.29, 1.82) is 0 Å². The van der Waals surface area contributed by atoms with Gasteiger partial charge in [0, 0.05) is 11.1 Å². The van der Waals surface area contributed by atoms with E-state index in [4.69, 9.17) is 19.6 Å². The van der Waals surface area contributed by atoms with E-state index in [2.05, 4.69) is 0 Å². The molecule has 0 atom stereocenters. The Labute approximate surface area is 168 Å². The van der Waals surface area contributed by atoms with E-state index >= 15 is 0 Å². The molecule has 0 radical (unpaired) electrons. The highest BCUT2D eigenvalue weighted by Gasteiger charge is 2.50. The molecule has 0 unspecified atom stereocenters. The molecule has 0 fully saturated rings. The Morgan fingerprint density at radius 3 is 1.10 bits per heavy atom. The average molecular weight is 466 g/mol. The number of hydrogen-bond acceptors (Lipinski definition) is 2. The van der Waals surface area contributed by atoms with Gasteiger partial charge in [0.1, 0.15) is 0 Å². The second-order valence-electron chi connectivity index (χ2n) is 6.13. The highest BCUT2D eigenvalue weighted by Crippen LogP contribution is 2.59. The van der Waals surface area contributed by atoms with E-state index in [9.17, 15) is 26.7 Å². The smallest absolute Gasteiger partial charge is 0.320 e. The number of rotatable bonds is 7. The first kappa shape index (κ1) is 24.2. The van der Waals surface area contributed by atoms with Gasteiger partial charge in [-0.25, -0.2) is 0 Å². The summed E-state index contributed by atoms with van der Waals surface area (Å²) in [4.78, 5) is 34.8. The molecule has 0 bridgehead atoms. The van der Waals surface area contributed by atoms with Crippen molar-refractivity contribution in [2.45, 2.75) is 11.3 Å². The topological polar surface area (TPSA) is 115 Å². The van der Waals surface area contributed by atoms with E-state index in [1.807, 2.05) is 0 Å². The van der Waals surface area contributed by atoms with Gasteiger partial charge < -0.3 is 19.6 Å². The lowest BCUT2D eigenvalue weighted by atomic mass is 10.1. The summed E-state index contributed by atoms with van der Waals surface area (Å²) in [5, 5.41) is 0. The van der Waals surface area contributed by atoms with Gasteiger partial charge in [-0.2, -0.15) is 17.6 Å². The molecule has 0 saturated carbocycles. The van der Waals surface area contributed by atoms with Gasteiger partial charge in [-0.3, -0.25) is 9.13 Å². The fourth-order valence-corrected chi connectivity index (χ4v) is 3.23. The van der Waals surface area contributed by atoms with Gasteiger partial charge in [-0.05, 0) is 11.1 Å². The molecule has 12 heteroatoms. The van der Waals surface area contributed by atoms with Gasteiger partial charge >= 0.3 is 26.5 Å². The van der Waals surface area contributed by atoms with Gasteiger partial charge in [0.15, 0.2) is 0 Å². The number of alkyl halides is 4. The number of halogens is 4. The van der Waals surface area contributed by atoms with Crippen molar-refractivity contribution < 1.29 is 46.3 Å². The van der Waals surface area contributed by atoms with Crippen LogP contribution in [-0.2, 0) is 20.5 Å². The summed E-state index contributed by atoms with van der Waals surface area (Å²) < 4.78 is 76.0. The number of allylic oxidation sites excluding steroid dienone is 2. The van der Waals surface area contributed by atoms with Crippen LogP contribution in [0.25, 0.3) is 12.2 Å². The highest BCUT2D eigenvalue weighted by atomic mass is 31.2. The van der Waals surface area contributed by atoms with Crippen LogP contribution < -0.4 is 0 Å². The Kier molecular flexibility index (Phi) is 6.93. The van der Waals surface area contributed by atoms with Gasteiger partial charge in [0.2, 0.25) is 0 Å². The van der Waals surface area contributed by atoms with Crippen LogP contribution in [0, 0.1) is 0 Å². The summed E-state index contributed by atoms with van der Waals surface area (Å²) >= 11 is 0. The van der Waals surface area contributed by atoms with E-state index in [1.54, 1.807) is 0 Å². The zero-order valence-electron chi connectivity index (χ0n) is 14.9. The second kappa shape index (κ2) is 8.59. The quantitative estimate of drug-likeness (QED) is 0.263. The zero-order valence-corrected chi connectivity index (χ0v) is 16.7. The summed E-state index contributed by atoms with van der Waals surface area (Å²) in [6.07, 6.45) is 6.03. The first-order chi connectivity index (χ1) is 13.7. The maximum Gasteiger partial charge on any atom is 0.399 e. The van der Waals surface area contributed by atoms with Gasteiger partial charge in [0.25, 0.3) is 0 Å². The summed E-state index contributed by atoms with van der Waals surface area (Å²) in [5.41, 5.74) is -9.31. The predicted octanol–water partition coefficient (Wildman–Crippen LogP) is 4.87. The van der Waals surface area contributed by atoms with Crippen LogP contribution in [0.3, 0.4) is 0 Å². The third kappa shape index (κ3) is 5.35. The van der Waals surface area contributed by atoms with Crippen molar-refractivity contribution in [3.63, 3.8) is 0 Å². The summed E-state index contributed by atoms with van der Waals surface area (Å²) in [5.74, 6) is 0. The van der Waals surface area contributed by atoms with Crippen molar-refractivity contribution in [2.24, 2.45) is 0 Å². The monoisotopic (exact) mass is 466 g/mol. The molecule has 4 N–H and O–H groups in total. The molecule has 2 aromatic rings. The minimum absolute atomic E-state index is 0.460. The van der Waals surface area contributed by atoms with Crippen LogP contribution in [-0.4, -0.2) is 19.6 Å². The third-order valence-electron chi connectivity index (χ3n) is 3.94. The lowest BCUT2D eigenvalue weighted by molar-refractivity contribution is 0.0564. The molecule has 0 spiro atoms. The Hall–Kier alpha value is -2.06. The lowest BCUT2D eigenvalue weighted by Gasteiger charge is -2.17. The SMILES string of the molecule is O=P(O)(O)C(F)(F)c1ccc(/C=C/C=C/c2ccc(C(F)(F)P(=O)(O)O)cc2)cc1. The maximum atomic E-state index is 13.6. The molecule has 0 heterocycles. The van der Waals surface area contributed by atoms with Crippen molar-refractivity contribution >= 4 is 27.3 Å². The van der Waals surface area contributed by atoms with E-state index in [-0.39, 0.29) is 0 Å². The van der Waals surface area contributed by atoms with Crippen LogP contribution in [0.15, 0.2) is 60.7 Å². The van der Waals surface area contributed by atoms with E-state index in [0.29, 0.717) is 11.1 Å². The van der Waals surface area contributed by atoms with Crippen LogP contribution in [0.5, 0.6) is 0 Å². The van der Waals surface area contributed by atoms with Crippen molar-refractivity contribution in [3.05, 3.63) is 82.9 Å². The average Bonchev–Trinajstić information content (AvgIpc) is 2.64. The number of hydrogen-bond donors (Lipinski definition) is 4. The van der Waals surface area contributed by atoms with E-state index in [0.717, 1.165) is 24.3 Å². The minimum Gasteiger partial charge on any atom is -0.320 e. The molecular formula is C18H16F4O6P2. The van der Waals surface area contributed by atoms with Gasteiger partial charge in [0.05, 0.1) is 0 Å². The Morgan fingerprint density at radius 1 is 0.600 bits per heavy atom. The molecule has 2 aromatic carbocycles. The second-order valence-corrected chi connectivity index (χ2v) is 9.43. The molecule has 0 aromatic heterocycles. The minimum atomic E-state index is -5.64. The van der Waals surface area contributed by atoms with Crippen molar-refractivity contribution in [2.75, 3.05) is 0 Å². The fourth-order valence-electron chi connectivity index (χ4n) is 2.26. The first-order valence-corrected chi connectivity index (χ1v) is 11.3. The van der Waals surface area contributed by atoms with Crippen LogP contribution >= 0.6 is 15.2 Å². The molecule has 162 valence electrons.